The summed E-state index contributed by atoms with van der Waals surface area (Å²) >= 11 is 0. The van der Waals surface area contributed by atoms with Crippen LogP contribution < -0.4 is 11.0 Å². The lowest BCUT2D eigenvalue weighted by Gasteiger charge is -2.37. The van der Waals surface area contributed by atoms with E-state index < -0.39 is 25.0 Å². The molecule has 0 radical (unpaired) electrons. The average molecular weight is 650 g/mol. The molecule has 0 bridgehead atoms. The number of rotatable bonds is 18. The summed E-state index contributed by atoms with van der Waals surface area (Å²) in [6.07, 6.45) is -0.249. The zero-order chi connectivity index (χ0) is 33.0. The lowest BCUT2D eigenvalue weighted by molar-refractivity contribution is -0.0648. The molecule has 0 saturated heterocycles. The van der Waals surface area contributed by atoms with Crippen LogP contribution in [0.1, 0.15) is 44.4 Å². The molecule has 1 aromatic heterocycles. The van der Waals surface area contributed by atoms with Gasteiger partial charge in [-0.05, 0) is 50.5 Å². The molecular weight excluding hydrogens is 605 g/mol. The van der Waals surface area contributed by atoms with E-state index in [4.69, 9.17) is 23.6 Å². The van der Waals surface area contributed by atoms with E-state index in [9.17, 15) is 9.36 Å². The van der Waals surface area contributed by atoms with E-state index in [2.05, 4.69) is 10.3 Å². The standard InChI is InChI=1S/C35H44N3O7P/c1-27(2)44-46(41,45-28(3)4)26-42-32(24-38-22-20-33(36-21-23-39)37-34(38)40)25-43-35(29-14-8-5-9-15-29,30-16-10-6-11-17-30)31-18-12-7-13-19-31/h5-20,22,27-28,32,39H,21,23-26H2,1-4H3,(H,36,37,40)/t32-/m0/s1. The van der Waals surface area contributed by atoms with Crippen LogP contribution in [-0.2, 0) is 35.2 Å². The smallest absolute Gasteiger partial charge is 0.356 e. The first-order chi connectivity index (χ1) is 22.1. The van der Waals surface area contributed by atoms with Crippen molar-refractivity contribution in [1.82, 2.24) is 9.55 Å². The maximum absolute atomic E-state index is 13.7. The maximum atomic E-state index is 13.7. The summed E-state index contributed by atoms with van der Waals surface area (Å²) < 4.78 is 39.9. The van der Waals surface area contributed by atoms with Crippen LogP contribution in [0.25, 0.3) is 0 Å². The molecule has 0 aliphatic rings. The molecule has 46 heavy (non-hydrogen) atoms. The van der Waals surface area contributed by atoms with Crippen LogP contribution in [0.3, 0.4) is 0 Å². The Kier molecular flexibility index (Phi) is 12.9. The molecule has 11 heteroatoms. The first-order valence-corrected chi connectivity index (χ1v) is 17.2. The molecule has 0 fully saturated rings. The number of ether oxygens (including phenoxy) is 2. The van der Waals surface area contributed by atoms with Crippen LogP contribution in [-0.4, -0.2) is 59.1 Å². The second kappa shape index (κ2) is 16.8. The predicted octanol–water partition coefficient (Wildman–Crippen LogP) is 6.04. The summed E-state index contributed by atoms with van der Waals surface area (Å²) in [5, 5.41) is 12.0. The van der Waals surface area contributed by atoms with Gasteiger partial charge in [0.1, 0.15) is 17.8 Å². The highest BCUT2D eigenvalue weighted by Gasteiger charge is 2.39. The summed E-state index contributed by atoms with van der Waals surface area (Å²) in [4.78, 5) is 17.1. The van der Waals surface area contributed by atoms with Crippen molar-refractivity contribution in [3.05, 3.63) is 130 Å². The molecule has 3 aromatic carbocycles. The van der Waals surface area contributed by atoms with Crippen LogP contribution >= 0.6 is 7.60 Å². The summed E-state index contributed by atoms with van der Waals surface area (Å²) in [5.74, 6) is 0.348. The molecule has 10 nitrogen and oxygen atoms in total. The molecule has 0 aliphatic carbocycles. The third-order valence-electron chi connectivity index (χ3n) is 6.93. The van der Waals surface area contributed by atoms with Gasteiger partial charge in [-0.3, -0.25) is 9.13 Å². The van der Waals surface area contributed by atoms with Crippen molar-refractivity contribution in [3.63, 3.8) is 0 Å². The van der Waals surface area contributed by atoms with Gasteiger partial charge in [-0.1, -0.05) is 91.0 Å². The lowest BCUT2D eigenvalue weighted by atomic mass is 9.80. The molecular formula is C35H44N3O7P. The van der Waals surface area contributed by atoms with Gasteiger partial charge in [0.25, 0.3) is 0 Å². The molecule has 2 N–H and O–H groups in total. The fourth-order valence-corrected chi connectivity index (χ4v) is 6.98. The highest BCUT2D eigenvalue weighted by molar-refractivity contribution is 7.53. The number of hydrogen-bond acceptors (Lipinski definition) is 9. The number of aliphatic hydroxyl groups is 1. The van der Waals surface area contributed by atoms with Gasteiger partial charge in [0.2, 0.25) is 0 Å². The molecule has 0 unspecified atom stereocenters. The zero-order valence-electron chi connectivity index (χ0n) is 26.8. The van der Waals surface area contributed by atoms with Crippen LogP contribution in [0, 0.1) is 0 Å². The van der Waals surface area contributed by atoms with Crippen molar-refractivity contribution in [2.24, 2.45) is 0 Å². The minimum Gasteiger partial charge on any atom is -0.395 e. The van der Waals surface area contributed by atoms with E-state index in [0.717, 1.165) is 16.7 Å². The molecule has 4 aromatic rings. The van der Waals surface area contributed by atoms with Gasteiger partial charge >= 0.3 is 13.3 Å². The fourth-order valence-electron chi connectivity index (χ4n) is 5.13. The van der Waals surface area contributed by atoms with Gasteiger partial charge in [0.15, 0.2) is 0 Å². The lowest BCUT2D eigenvalue weighted by Crippen LogP contribution is -2.39. The van der Waals surface area contributed by atoms with Gasteiger partial charge in [-0.25, -0.2) is 4.79 Å². The quantitative estimate of drug-likeness (QED) is 0.0982. The number of anilines is 1. The molecule has 4 rings (SSSR count). The van der Waals surface area contributed by atoms with E-state index in [1.165, 1.54) is 4.57 Å². The Morgan fingerprint density at radius 3 is 1.76 bits per heavy atom. The second-order valence-corrected chi connectivity index (χ2v) is 13.2. The normalized spacial score (nSPS) is 12.8. The van der Waals surface area contributed by atoms with Crippen LogP contribution in [0.2, 0.25) is 0 Å². The summed E-state index contributed by atoms with van der Waals surface area (Å²) in [6, 6.07) is 31.4. The monoisotopic (exact) mass is 649 g/mol. The first-order valence-electron chi connectivity index (χ1n) is 15.5. The Morgan fingerprint density at radius 2 is 1.33 bits per heavy atom. The van der Waals surface area contributed by atoms with Crippen LogP contribution in [0.4, 0.5) is 5.82 Å². The van der Waals surface area contributed by atoms with Crippen LogP contribution in [0.15, 0.2) is 108 Å². The Morgan fingerprint density at radius 1 is 0.826 bits per heavy atom. The second-order valence-electron chi connectivity index (χ2n) is 11.3. The predicted molar refractivity (Wildman–Crippen MR) is 179 cm³/mol. The van der Waals surface area contributed by atoms with Gasteiger partial charge in [0.05, 0.1) is 38.1 Å². The largest absolute Gasteiger partial charge is 0.395 e. The zero-order valence-corrected chi connectivity index (χ0v) is 27.7. The average Bonchev–Trinajstić information content (AvgIpc) is 3.04. The number of benzene rings is 3. The SMILES string of the molecule is CC(C)OP(=O)(CO[C@H](COC(c1ccccc1)(c1ccccc1)c1ccccc1)Cn1ccc(NCCO)nc1=O)OC(C)C. The van der Waals surface area contributed by atoms with E-state index in [1.54, 1.807) is 40.0 Å². The summed E-state index contributed by atoms with van der Waals surface area (Å²) in [7, 11) is -3.68. The fraction of sp³-hybridized carbons (Fsp3) is 0.371. The molecule has 1 atom stereocenters. The summed E-state index contributed by atoms with van der Waals surface area (Å²) in [5.41, 5.74) is 1.15. The third kappa shape index (κ3) is 9.45. The van der Waals surface area contributed by atoms with E-state index >= 15 is 0 Å². The minimum atomic E-state index is -3.68. The highest BCUT2D eigenvalue weighted by Crippen LogP contribution is 2.51. The number of nitrogens with one attached hydrogen (secondary N) is 1. The number of hydrogen-bond donors (Lipinski definition) is 2. The molecule has 0 spiro atoms. The number of aliphatic hydroxyl groups excluding tert-OH is 1. The minimum absolute atomic E-state index is 0.000998. The third-order valence-corrected chi connectivity index (χ3v) is 8.88. The molecule has 0 amide bonds. The van der Waals surface area contributed by atoms with Crippen molar-refractivity contribution < 1.29 is 28.2 Å². The van der Waals surface area contributed by atoms with E-state index in [-0.39, 0.29) is 44.9 Å². The number of nitrogens with zero attached hydrogens (tertiary/aromatic N) is 2. The molecule has 0 saturated carbocycles. The van der Waals surface area contributed by atoms with Crippen molar-refractivity contribution in [2.75, 3.05) is 31.4 Å². The van der Waals surface area contributed by atoms with Crippen molar-refractivity contribution in [1.29, 1.82) is 0 Å². The Hall–Kier alpha value is -3.63. The molecule has 246 valence electrons. The topological polar surface area (TPSA) is 121 Å². The van der Waals surface area contributed by atoms with Crippen LogP contribution in [0.5, 0.6) is 0 Å². The van der Waals surface area contributed by atoms with Crippen molar-refractivity contribution in [3.8, 4) is 0 Å². The number of aromatic nitrogens is 2. The molecule has 0 aliphatic heterocycles. The summed E-state index contributed by atoms with van der Waals surface area (Å²) in [6.45, 7) is 7.33. The Bertz CT molecular complexity index is 1470. The maximum Gasteiger partial charge on any atom is 0.356 e. The highest BCUT2D eigenvalue weighted by atomic mass is 31.2. The van der Waals surface area contributed by atoms with Crippen molar-refractivity contribution in [2.45, 2.75) is 58.2 Å². The van der Waals surface area contributed by atoms with Gasteiger partial charge < -0.3 is 28.9 Å². The molecule has 1 heterocycles. The van der Waals surface area contributed by atoms with E-state index in [1.807, 2.05) is 91.0 Å². The first kappa shape index (κ1) is 35.2. The van der Waals surface area contributed by atoms with E-state index in [0.29, 0.717) is 5.82 Å². The van der Waals surface area contributed by atoms with Gasteiger partial charge in [-0.2, -0.15) is 4.98 Å². The van der Waals surface area contributed by atoms with Gasteiger partial charge in [-0.15, -0.1) is 0 Å². The van der Waals surface area contributed by atoms with Gasteiger partial charge in [0, 0.05) is 12.7 Å². The Balaban J connectivity index is 1.74. The Labute approximate surface area is 270 Å². The van der Waals surface area contributed by atoms with Crippen molar-refractivity contribution >= 4 is 13.4 Å².